The monoisotopic (exact) mass is 423 g/mol. The first-order valence-corrected chi connectivity index (χ1v) is 9.52. The maximum Gasteiger partial charge on any atom is 0.220 e. The summed E-state index contributed by atoms with van der Waals surface area (Å²) in [7, 11) is 0. The molecule has 0 bridgehead atoms. The molecule has 0 atom stereocenters. The molecular weight excluding hydrogens is 401 g/mol. The summed E-state index contributed by atoms with van der Waals surface area (Å²) in [6.07, 6.45) is 2.24. The minimum atomic E-state index is 0. The molecule has 1 aromatic heterocycles. The van der Waals surface area contributed by atoms with Gasteiger partial charge < -0.3 is 10.6 Å². The standard InChI is InChI=1S/C20H21N3OS.2ClH/c24-19(22-11-14-8-9-15-12-21-13-16(15)10-14)6-3-7-20-23-17-4-1-2-5-18(17)25-20;;/h1-2,4-5,8-10,21H,3,6-7,11-13H2,(H,22,24);2*1H. The Bertz CT molecular complexity index is 880. The SMILES string of the molecule is Cl.Cl.O=C(CCCc1nc2ccccc2s1)NCc1ccc2c(c1)CNC2. The fraction of sp³-hybridized carbons (Fsp3) is 0.300. The number of carbonyl (C=O) groups excluding carboxylic acids is 1. The van der Waals surface area contributed by atoms with Gasteiger partial charge in [0, 0.05) is 26.1 Å². The highest BCUT2D eigenvalue weighted by molar-refractivity contribution is 7.18. The van der Waals surface area contributed by atoms with Crippen molar-refractivity contribution in [1.29, 1.82) is 0 Å². The molecule has 0 radical (unpaired) electrons. The number of amides is 1. The molecule has 0 saturated heterocycles. The van der Waals surface area contributed by atoms with Crippen molar-refractivity contribution in [2.24, 2.45) is 0 Å². The van der Waals surface area contributed by atoms with Crippen LogP contribution < -0.4 is 10.6 Å². The van der Waals surface area contributed by atoms with Crippen molar-refractivity contribution in [2.45, 2.75) is 38.9 Å². The third kappa shape index (κ3) is 5.42. The largest absolute Gasteiger partial charge is 0.352 e. The van der Waals surface area contributed by atoms with Crippen LogP contribution in [0.1, 0.15) is 34.5 Å². The highest BCUT2D eigenvalue weighted by Gasteiger charge is 2.10. The molecule has 1 aliphatic rings. The Morgan fingerprint density at radius 1 is 1.11 bits per heavy atom. The van der Waals surface area contributed by atoms with Crippen LogP contribution in [0.25, 0.3) is 10.2 Å². The van der Waals surface area contributed by atoms with Gasteiger partial charge in [-0.1, -0.05) is 30.3 Å². The van der Waals surface area contributed by atoms with Crippen LogP contribution in [0.2, 0.25) is 0 Å². The van der Waals surface area contributed by atoms with E-state index in [-0.39, 0.29) is 30.7 Å². The number of nitrogens with zero attached hydrogens (tertiary/aromatic N) is 1. The van der Waals surface area contributed by atoms with Crippen molar-refractivity contribution < 1.29 is 4.79 Å². The number of aryl methyl sites for hydroxylation is 1. The Balaban J connectivity index is 0.00000131. The predicted molar refractivity (Wildman–Crippen MR) is 116 cm³/mol. The van der Waals surface area contributed by atoms with Crippen molar-refractivity contribution in [1.82, 2.24) is 15.6 Å². The molecule has 0 fully saturated rings. The number of nitrogens with one attached hydrogen (secondary N) is 2. The van der Waals surface area contributed by atoms with Crippen molar-refractivity contribution in [3.63, 3.8) is 0 Å². The third-order valence-electron chi connectivity index (χ3n) is 4.52. The number of aromatic nitrogens is 1. The van der Waals surface area contributed by atoms with Gasteiger partial charge in [-0.15, -0.1) is 36.2 Å². The molecule has 4 rings (SSSR count). The van der Waals surface area contributed by atoms with Gasteiger partial charge in [0.05, 0.1) is 15.2 Å². The van der Waals surface area contributed by atoms with E-state index in [1.807, 2.05) is 18.2 Å². The van der Waals surface area contributed by atoms with Crippen LogP contribution in [-0.2, 0) is 30.8 Å². The van der Waals surface area contributed by atoms with Gasteiger partial charge in [-0.2, -0.15) is 0 Å². The zero-order chi connectivity index (χ0) is 17.1. The van der Waals surface area contributed by atoms with Crippen molar-refractivity contribution in [2.75, 3.05) is 0 Å². The molecule has 3 aromatic rings. The summed E-state index contributed by atoms with van der Waals surface area (Å²) >= 11 is 1.72. The molecule has 144 valence electrons. The second-order valence-electron chi connectivity index (χ2n) is 6.41. The number of halogens is 2. The Morgan fingerprint density at radius 2 is 1.93 bits per heavy atom. The van der Waals surface area contributed by atoms with Gasteiger partial charge in [0.1, 0.15) is 0 Å². The second-order valence-corrected chi connectivity index (χ2v) is 7.53. The van der Waals surface area contributed by atoms with E-state index < -0.39 is 0 Å². The highest BCUT2D eigenvalue weighted by atomic mass is 35.5. The minimum Gasteiger partial charge on any atom is -0.352 e. The van der Waals surface area contributed by atoms with Crippen LogP contribution in [0.4, 0.5) is 0 Å². The summed E-state index contributed by atoms with van der Waals surface area (Å²) in [5, 5.41) is 7.48. The number of para-hydroxylation sites is 1. The van der Waals surface area contributed by atoms with Crippen LogP contribution in [0.5, 0.6) is 0 Å². The van der Waals surface area contributed by atoms with Crippen LogP contribution >= 0.6 is 36.2 Å². The fourth-order valence-electron chi connectivity index (χ4n) is 3.17. The summed E-state index contributed by atoms with van der Waals surface area (Å²) in [4.78, 5) is 16.7. The minimum absolute atomic E-state index is 0. The molecule has 0 aliphatic carbocycles. The van der Waals surface area contributed by atoms with Gasteiger partial charge in [0.15, 0.2) is 0 Å². The lowest BCUT2D eigenvalue weighted by molar-refractivity contribution is -0.121. The third-order valence-corrected chi connectivity index (χ3v) is 5.62. The molecule has 27 heavy (non-hydrogen) atoms. The lowest BCUT2D eigenvalue weighted by Gasteiger charge is -2.07. The van der Waals surface area contributed by atoms with Gasteiger partial charge in [0.25, 0.3) is 0 Å². The second kappa shape index (κ2) is 10.0. The van der Waals surface area contributed by atoms with Crippen LogP contribution in [0, 0.1) is 0 Å². The molecule has 0 saturated carbocycles. The van der Waals surface area contributed by atoms with Crippen LogP contribution in [0.15, 0.2) is 42.5 Å². The molecular formula is C20H23Cl2N3OS. The fourth-order valence-corrected chi connectivity index (χ4v) is 4.18. The molecule has 1 aliphatic heterocycles. The summed E-state index contributed by atoms with van der Waals surface area (Å²) in [5.41, 5.74) is 4.94. The van der Waals surface area contributed by atoms with Crippen LogP contribution in [0.3, 0.4) is 0 Å². The van der Waals surface area contributed by atoms with E-state index in [0.717, 1.165) is 36.5 Å². The van der Waals surface area contributed by atoms with Gasteiger partial charge in [-0.25, -0.2) is 4.98 Å². The number of thiazole rings is 1. The Labute approximate surface area is 175 Å². The topological polar surface area (TPSA) is 54.0 Å². The molecule has 2 heterocycles. The average Bonchev–Trinajstić information content (AvgIpc) is 3.25. The highest BCUT2D eigenvalue weighted by Crippen LogP contribution is 2.22. The average molecular weight is 424 g/mol. The lowest BCUT2D eigenvalue weighted by atomic mass is 10.1. The lowest BCUT2D eigenvalue weighted by Crippen LogP contribution is -2.22. The smallest absolute Gasteiger partial charge is 0.220 e. The quantitative estimate of drug-likeness (QED) is 0.618. The molecule has 1 amide bonds. The number of rotatable bonds is 6. The van der Waals surface area contributed by atoms with E-state index >= 15 is 0 Å². The predicted octanol–water partition coefficient (Wildman–Crippen LogP) is 4.38. The molecule has 0 unspecified atom stereocenters. The van der Waals surface area contributed by atoms with E-state index in [9.17, 15) is 4.79 Å². The van der Waals surface area contributed by atoms with E-state index in [2.05, 4.69) is 39.9 Å². The Kier molecular flexibility index (Phi) is 8.05. The molecule has 4 nitrogen and oxygen atoms in total. The number of fused-ring (bicyclic) bond motifs is 2. The van der Waals surface area contributed by atoms with Gasteiger partial charge >= 0.3 is 0 Å². The zero-order valence-electron chi connectivity index (χ0n) is 14.9. The molecule has 7 heteroatoms. The molecule has 0 spiro atoms. The normalized spacial score (nSPS) is 12.1. The first kappa shape index (κ1) is 21.6. The van der Waals surface area contributed by atoms with E-state index in [4.69, 9.17) is 0 Å². The Morgan fingerprint density at radius 3 is 2.78 bits per heavy atom. The van der Waals surface area contributed by atoms with E-state index in [1.54, 1.807) is 11.3 Å². The van der Waals surface area contributed by atoms with Crippen molar-refractivity contribution >= 4 is 52.3 Å². The maximum atomic E-state index is 12.1. The van der Waals surface area contributed by atoms with Crippen LogP contribution in [-0.4, -0.2) is 10.9 Å². The van der Waals surface area contributed by atoms with Crippen molar-refractivity contribution in [3.8, 4) is 0 Å². The first-order valence-electron chi connectivity index (χ1n) is 8.70. The summed E-state index contributed by atoms with van der Waals surface area (Å²) in [6.45, 7) is 2.49. The number of carbonyl (C=O) groups is 1. The van der Waals surface area contributed by atoms with E-state index in [0.29, 0.717) is 13.0 Å². The first-order chi connectivity index (χ1) is 12.3. The van der Waals surface area contributed by atoms with Crippen molar-refractivity contribution in [3.05, 3.63) is 64.2 Å². The number of hydrogen-bond donors (Lipinski definition) is 2. The molecule has 2 N–H and O–H groups in total. The van der Waals surface area contributed by atoms with E-state index in [1.165, 1.54) is 21.4 Å². The number of hydrogen-bond acceptors (Lipinski definition) is 4. The maximum absolute atomic E-state index is 12.1. The van der Waals surface area contributed by atoms with Gasteiger partial charge in [0.2, 0.25) is 5.91 Å². The zero-order valence-corrected chi connectivity index (χ0v) is 17.3. The molecule has 2 aromatic carbocycles. The van der Waals surface area contributed by atoms with Gasteiger partial charge in [-0.05, 0) is 41.7 Å². The summed E-state index contributed by atoms with van der Waals surface area (Å²) in [6, 6.07) is 14.6. The summed E-state index contributed by atoms with van der Waals surface area (Å²) < 4.78 is 1.22. The number of benzene rings is 2. The van der Waals surface area contributed by atoms with Gasteiger partial charge in [-0.3, -0.25) is 4.79 Å². The summed E-state index contributed by atoms with van der Waals surface area (Å²) in [5.74, 6) is 0.111. The Hall–Kier alpha value is -1.66.